The average molecular weight is 275 g/mol. The van der Waals surface area contributed by atoms with E-state index >= 15 is 0 Å². The molecule has 1 N–H and O–H groups in total. The maximum absolute atomic E-state index is 4.84. The van der Waals surface area contributed by atoms with Crippen molar-refractivity contribution in [2.75, 3.05) is 6.54 Å². The first-order valence-electron chi connectivity index (χ1n) is 8.52. The predicted octanol–water partition coefficient (Wildman–Crippen LogP) is 3.71. The quantitative estimate of drug-likeness (QED) is 0.888. The summed E-state index contributed by atoms with van der Waals surface area (Å²) in [4.78, 5) is 0. The standard InChI is InChI=1S/C17H29N3/c1-3-14(2)20-12-9-16(19-20)13-17(15-7-8-15)10-5-4-6-11-18-17/h9,12,14-15,18H,3-8,10-11,13H2,1-2H3. The van der Waals surface area contributed by atoms with Crippen molar-refractivity contribution < 1.29 is 0 Å². The highest BCUT2D eigenvalue weighted by Gasteiger charge is 2.45. The van der Waals surface area contributed by atoms with E-state index < -0.39 is 0 Å². The Morgan fingerprint density at radius 3 is 3.00 bits per heavy atom. The molecule has 3 rings (SSSR count). The van der Waals surface area contributed by atoms with Crippen molar-refractivity contribution in [3.8, 4) is 0 Å². The van der Waals surface area contributed by atoms with Gasteiger partial charge in [0.05, 0.1) is 5.69 Å². The van der Waals surface area contributed by atoms with E-state index in [-0.39, 0.29) is 0 Å². The number of aromatic nitrogens is 2. The molecule has 2 fully saturated rings. The molecule has 3 nitrogen and oxygen atoms in total. The third-order valence-electron chi connectivity index (χ3n) is 5.34. The minimum Gasteiger partial charge on any atom is -0.311 e. The SMILES string of the molecule is CCC(C)n1ccc(CC2(C3CC3)CCCCCN2)n1. The van der Waals surface area contributed by atoms with Gasteiger partial charge in [-0.1, -0.05) is 19.8 Å². The zero-order valence-electron chi connectivity index (χ0n) is 13.1. The molecule has 1 aromatic rings. The van der Waals surface area contributed by atoms with Crippen LogP contribution < -0.4 is 5.32 Å². The number of hydrogen-bond donors (Lipinski definition) is 1. The molecule has 0 spiro atoms. The van der Waals surface area contributed by atoms with E-state index in [0.29, 0.717) is 11.6 Å². The van der Waals surface area contributed by atoms with Crippen molar-refractivity contribution in [1.82, 2.24) is 15.1 Å². The van der Waals surface area contributed by atoms with Crippen LogP contribution in [0.5, 0.6) is 0 Å². The third-order valence-corrected chi connectivity index (χ3v) is 5.34. The topological polar surface area (TPSA) is 29.9 Å². The zero-order chi connectivity index (χ0) is 14.0. The highest BCUT2D eigenvalue weighted by atomic mass is 15.3. The monoisotopic (exact) mass is 275 g/mol. The summed E-state index contributed by atoms with van der Waals surface area (Å²) in [6.07, 6.45) is 12.7. The average Bonchev–Trinajstić information content (AvgIpc) is 3.24. The molecule has 2 atom stereocenters. The molecule has 2 unspecified atom stereocenters. The minimum absolute atomic E-state index is 0.352. The fourth-order valence-corrected chi connectivity index (χ4v) is 3.67. The second kappa shape index (κ2) is 5.88. The van der Waals surface area contributed by atoms with Gasteiger partial charge in [-0.15, -0.1) is 0 Å². The van der Waals surface area contributed by atoms with Crippen molar-refractivity contribution in [1.29, 1.82) is 0 Å². The number of nitrogens with one attached hydrogen (secondary N) is 1. The van der Waals surface area contributed by atoms with E-state index in [1.54, 1.807) is 0 Å². The van der Waals surface area contributed by atoms with Crippen LogP contribution >= 0.6 is 0 Å². The molecular formula is C17H29N3. The lowest BCUT2D eigenvalue weighted by molar-refractivity contribution is 0.267. The van der Waals surface area contributed by atoms with Crippen LogP contribution in [-0.4, -0.2) is 21.9 Å². The van der Waals surface area contributed by atoms with Crippen LogP contribution in [0.25, 0.3) is 0 Å². The molecule has 2 heterocycles. The molecule has 3 heteroatoms. The first-order valence-corrected chi connectivity index (χ1v) is 8.52. The molecular weight excluding hydrogens is 246 g/mol. The van der Waals surface area contributed by atoms with Gasteiger partial charge in [0.15, 0.2) is 0 Å². The summed E-state index contributed by atoms with van der Waals surface area (Å²) < 4.78 is 2.15. The number of rotatable bonds is 5. The van der Waals surface area contributed by atoms with Gasteiger partial charge in [-0.3, -0.25) is 4.68 Å². The largest absolute Gasteiger partial charge is 0.311 e. The van der Waals surface area contributed by atoms with Gasteiger partial charge < -0.3 is 5.32 Å². The van der Waals surface area contributed by atoms with Crippen LogP contribution in [0, 0.1) is 5.92 Å². The van der Waals surface area contributed by atoms with E-state index in [1.165, 1.54) is 50.8 Å². The Bertz CT molecular complexity index is 425. The van der Waals surface area contributed by atoms with Gasteiger partial charge in [0.2, 0.25) is 0 Å². The summed E-state index contributed by atoms with van der Waals surface area (Å²) in [5.74, 6) is 0.898. The lowest BCUT2D eigenvalue weighted by Crippen LogP contribution is -2.48. The van der Waals surface area contributed by atoms with Gasteiger partial charge in [-0.05, 0) is 57.6 Å². The van der Waals surface area contributed by atoms with E-state index in [2.05, 4.69) is 36.1 Å². The molecule has 1 saturated heterocycles. The summed E-state index contributed by atoms with van der Waals surface area (Å²) in [6.45, 7) is 5.67. The molecule has 112 valence electrons. The van der Waals surface area contributed by atoms with Gasteiger partial charge in [0, 0.05) is 24.2 Å². The van der Waals surface area contributed by atoms with Gasteiger partial charge >= 0.3 is 0 Å². The zero-order valence-corrected chi connectivity index (χ0v) is 13.1. The predicted molar refractivity (Wildman–Crippen MR) is 82.9 cm³/mol. The van der Waals surface area contributed by atoms with E-state index in [0.717, 1.165) is 18.8 Å². The first-order chi connectivity index (χ1) is 9.73. The summed E-state index contributed by atoms with van der Waals surface area (Å²) >= 11 is 0. The van der Waals surface area contributed by atoms with Gasteiger partial charge in [0.25, 0.3) is 0 Å². The summed E-state index contributed by atoms with van der Waals surface area (Å²) in [6, 6.07) is 2.76. The second-order valence-corrected chi connectivity index (χ2v) is 6.89. The molecule has 0 amide bonds. The molecule has 0 bridgehead atoms. The van der Waals surface area contributed by atoms with Crippen LogP contribution in [0.15, 0.2) is 12.3 Å². The maximum Gasteiger partial charge on any atom is 0.0643 e. The van der Waals surface area contributed by atoms with Crippen molar-refractivity contribution in [2.24, 2.45) is 5.92 Å². The van der Waals surface area contributed by atoms with Crippen LogP contribution in [0.2, 0.25) is 0 Å². The van der Waals surface area contributed by atoms with Gasteiger partial charge in [-0.25, -0.2) is 0 Å². The van der Waals surface area contributed by atoms with Crippen LogP contribution in [0.4, 0.5) is 0 Å². The Balaban J connectivity index is 1.74. The van der Waals surface area contributed by atoms with Crippen molar-refractivity contribution >= 4 is 0 Å². The lowest BCUT2D eigenvalue weighted by Gasteiger charge is -2.34. The molecule has 0 aromatic carbocycles. The molecule has 1 aliphatic carbocycles. The van der Waals surface area contributed by atoms with Crippen LogP contribution in [0.3, 0.4) is 0 Å². The maximum atomic E-state index is 4.84. The fraction of sp³-hybridized carbons (Fsp3) is 0.824. The Hall–Kier alpha value is -0.830. The van der Waals surface area contributed by atoms with Crippen molar-refractivity contribution in [2.45, 2.75) is 76.8 Å². The number of hydrogen-bond acceptors (Lipinski definition) is 2. The molecule has 20 heavy (non-hydrogen) atoms. The molecule has 2 aliphatic rings. The summed E-state index contributed by atoms with van der Waals surface area (Å²) in [5.41, 5.74) is 1.64. The molecule has 0 radical (unpaired) electrons. The normalized spacial score (nSPS) is 29.1. The highest BCUT2D eigenvalue weighted by molar-refractivity contribution is 5.12. The van der Waals surface area contributed by atoms with E-state index in [4.69, 9.17) is 5.10 Å². The molecule has 1 aliphatic heterocycles. The Morgan fingerprint density at radius 1 is 1.40 bits per heavy atom. The summed E-state index contributed by atoms with van der Waals surface area (Å²) in [7, 11) is 0. The van der Waals surface area contributed by atoms with Gasteiger partial charge in [-0.2, -0.15) is 5.10 Å². The third kappa shape index (κ3) is 2.93. The Labute approximate surface area is 123 Å². The Kier molecular flexibility index (Phi) is 4.16. The molecule has 1 aromatic heterocycles. The van der Waals surface area contributed by atoms with Crippen molar-refractivity contribution in [3.63, 3.8) is 0 Å². The van der Waals surface area contributed by atoms with E-state index in [1.807, 2.05) is 0 Å². The second-order valence-electron chi connectivity index (χ2n) is 6.89. The van der Waals surface area contributed by atoms with Crippen LogP contribution in [0.1, 0.15) is 70.5 Å². The fourth-order valence-electron chi connectivity index (χ4n) is 3.67. The van der Waals surface area contributed by atoms with Crippen molar-refractivity contribution in [3.05, 3.63) is 18.0 Å². The van der Waals surface area contributed by atoms with Crippen LogP contribution in [-0.2, 0) is 6.42 Å². The highest BCUT2D eigenvalue weighted by Crippen LogP contribution is 2.44. The first kappa shape index (κ1) is 14.1. The summed E-state index contributed by atoms with van der Waals surface area (Å²) in [5, 5.41) is 8.75. The molecule has 1 saturated carbocycles. The minimum atomic E-state index is 0.352. The number of nitrogens with zero attached hydrogens (tertiary/aromatic N) is 2. The Morgan fingerprint density at radius 2 is 2.25 bits per heavy atom. The van der Waals surface area contributed by atoms with Gasteiger partial charge in [0.1, 0.15) is 0 Å². The van der Waals surface area contributed by atoms with E-state index in [9.17, 15) is 0 Å². The lowest BCUT2D eigenvalue weighted by atomic mass is 9.83. The smallest absolute Gasteiger partial charge is 0.0643 e.